The van der Waals surface area contributed by atoms with Crippen LogP contribution in [0, 0.1) is 12.3 Å². The summed E-state index contributed by atoms with van der Waals surface area (Å²) in [5.74, 6) is 0.170. The van der Waals surface area contributed by atoms with Gasteiger partial charge in [0.1, 0.15) is 0 Å². The topological polar surface area (TPSA) is 40.5 Å². The molecule has 1 unspecified atom stereocenters. The largest absolute Gasteiger partial charge is 0.387 e. The number of carbonyl (C=O) groups excluding carboxylic acids is 1. The Bertz CT molecular complexity index is 482. The van der Waals surface area contributed by atoms with Crippen LogP contribution in [0.4, 0.5) is 0 Å². The van der Waals surface area contributed by atoms with Gasteiger partial charge in [-0.2, -0.15) is 0 Å². The van der Waals surface area contributed by atoms with Crippen LogP contribution in [0.25, 0.3) is 0 Å². The van der Waals surface area contributed by atoms with Gasteiger partial charge in [-0.25, -0.2) is 0 Å². The Morgan fingerprint density at radius 1 is 1.30 bits per heavy atom. The van der Waals surface area contributed by atoms with Crippen molar-refractivity contribution in [3.8, 4) is 0 Å². The summed E-state index contributed by atoms with van der Waals surface area (Å²) in [4.78, 5) is 14.0. The van der Waals surface area contributed by atoms with Gasteiger partial charge in [0.25, 0.3) is 0 Å². The predicted octanol–water partition coefficient (Wildman–Crippen LogP) is 3.07. The second-order valence-electron chi connectivity index (χ2n) is 6.63. The van der Waals surface area contributed by atoms with Crippen LogP contribution in [-0.2, 0) is 4.79 Å². The number of carbonyl (C=O) groups is 1. The van der Waals surface area contributed by atoms with E-state index in [0.29, 0.717) is 13.0 Å². The fraction of sp³-hybridized carbons (Fsp3) is 0.588. The molecule has 1 aliphatic rings. The van der Waals surface area contributed by atoms with Crippen LogP contribution < -0.4 is 0 Å². The predicted molar refractivity (Wildman–Crippen MR) is 80.4 cm³/mol. The number of aliphatic hydroxyl groups is 1. The van der Waals surface area contributed by atoms with Gasteiger partial charge in [0, 0.05) is 13.0 Å². The molecule has 2 rings (SSSR count). The molecule has 1 aromatic carbocycles. The molecule has 3 nitrogen and oxygen atoms in total. The second-order valence-corrected chi connectivity index (χ2v) is 6.63. The summed E-state index contributed by atoms with van der Waals surface area (Å²) in [6, 6.07) is 7.82. The minimum atomic E-state index is -0.596. The van der Waals surface area contributed by atoms with Crippen LogP contribution in [0.2, 0.25) is 0 Å². The number of β-amino-alcohol motifs (C(OH)–C–C–N with tert-alkyl or cyclic N) is 1. The third-order valence-corrected chi connectivity index (χ3v) is 4.37. The molecule has 110 valence electrons. The lowest BCUT2D eigenvalue weighted by Crippen LogP contribution is -2.34. The molecule has 1 aliphatic heterocycles. The Hall–Kier alpha value is -1.35. The third-order valence-electron chi connectivity index (χ3n) is 4.37. The van der Waals surface area contributed by atoms with Crippen LogP contribution in [0.3, 0.4) is 0 Å². The monoisotopic (exact) mass is 275 g/mol. The van der Waals surface area contributed by atoms with Crippen molar-refractivity contribution in [2.24, 2.45) is 5.41 Å². The lowest BCUT2D eigenvalue weighted by atomic mass is 9.85. The molecule has 20 heavy (non-hydrogen) atoms. The van der Waals surface area contributed by atoms with Crippen LogP contribution in [0.5, 0.6) is 0 Å². The van der Waals surface area contributed by atoms with Crippen LogP contribution in [0.15, 0.2) is 24.3 Å². The van der Waals surface area contributed by atoms with E-state index in [2.05, 4.69) is 13.8 Å². The average molecular weight is 275 g/mol. The first-order chi connectivity index (χ1) is 9.39. The second kappa shape index (κ2) is 5.96. The molecule has 1 fully saturated rings. The first kappa shape index (κ1) is 15.0. The molecule has 1 heterocycles. The number of aryl methyl sites for hydroxylation is 1. The van der Waals surface area contributed by atoms with Crippen LogP contribution in [0.1, 0.15) is 50.3 Å². The maximum absolute atomic E-state index is 12.2. The minimum absolute atomic E-state index is 0.170. The number of aliphatic hydroxyl groups excluding tert-OH is 1. The highest BCUT2D eigenvalue weighted by atomic mass is 16.3. The number of nitrogens with zero attached hydrogens (tertiary/aromatic N) is 1. The van der Waals surface area contributed by atoms with Gasteiger partial charge in [-0.05, 0) is 36.3 Å². The molecule has 1 atom stereocenters. The molecule has 0 bridgehead atoms. The zero-order chi connectivity index (χ0) is 14.8. The Kier molecular flexibility index (Phi) is 4.48. The number of rotatable bonds is 3. The number of amides is 1. The van der Waals surface area contributed by atoms with Gasteiger partial charge in [0.15, 0.2) is 0 Å². The number of benzene rings is 1. The average Bonchev–Trinajstić information content (AvgIpc) is 2.52. The zero-order valence-corrected chi connectivity index (χ0v) is 12.7. The zero-order valence-electron chi connectivity index (χ0n) is 12.7. The number of hydrogen-bond acceptors (Lipinski definition) is 2. The highest BCUT2D eigenvalue weighted by Gasteiger charge is 2.28. The highest BCUT2D eigenvalue weighted by Crippen LogP contribution is 2.31. The van der Waals surface area contributed by atoms with E-state index in [9.17, 15) is 9.90 Å². The fourth-order valence-electron chi connectivity index (χ4n) is 2.75. The highest BCUT2D eigenvalue weighted by molar-refractivity contribution is 5.76. The molecular formula is C17H25NO2. The van der Waals surface area contributed by atoms with E-state index in [1.54, 1.807) is 0 Å². The summed E-state index contributed by atoms with van der Waals surface area (Å²) in [6.07, 6.45) is 1.93. The van der Waals surface area contributed by atoms with Crippen molar-refractivity contribution in [1.29, 1.82) is 0 Å². The fourth-order valence-corrected chi connectivity index (χ4v) is 2.75. The molecule has 0 aromatic heterocycles. The molecule has 0 spiro atoms. The van der Waals surface area contributed by atoms with E-state index in [0.717, 1.165) is 30.5 Å². The van der Waals surface area contributed by atoms with Gasteiger partial charge in [0.2, 0.25) is 5.91 Å². The quantitative estimate of drug-likeness (QED) is 0.921. The summed E-state index contributed by atoms with van der Waals surface area (Å²) in [5.41, 5.74) is 2.21. The van der Waals surface area contributed by atoms with Crippen molar-refractivity contribution >= 4 is 5.91 Å². The smallest absolute Gasteiger partial charge is 0.222 e. The van der Waals surface area contributed by atoms with E-state index in [1.165, 1.54) is 0 Å². The maximum Gasteiger partial charge on any atom is 0.222 e. The lowest BCUT2D eigenvalue weighted by molar-refractivity contribution is -0.132. The summed E-state index contributed by atoms with van der Waals surface area (Å²) in [7, 11) is 0. The third kappa shape index (κ3) is 3.60. The number of likely N-dealkylation sites (tertiary alicyclic amines) is 1. The Labute approximate surface area is 121 Å². The summed E-state index contributed by atoms with van der Waals surface area (Å²) < 4.78 is 0. The molecule has 0 radical (unpaired) electrons. The van der Waals surface area contributed by atoms with Crippen molar-refractivity contribution in [2.45, 2.75) is 46.1 Å². The molecule has 1 aromatic rings. The number of hydrogen-bond donors (Lipinski definition) is 1. The molecule has 1 amide bonds. The van der Waals surface area contributed by atoms with E-state index in [-0.39, 0.29) is 11.3 Å². The molecule has 3 heteroatoms. The van der Waals surface area contributed by atoms with Crippen molar-refractivity contribution < 1.29 is 9.90 Å². The van der Waals surface area contributed by atoms with Gasteiger partial charge in [-0.15, -0.1) is 0 Å². The van der Waals surface area contributed by atoms with Crippen molar-refractivity contribution in [3.05, 3.63) is 35.4 Å². The van der Waals surface area contributed by atoms with E-state index in [1.807, 2.05) is 36.1 Å². The summed E-state index contributed by atoms with van der Waals surface area (Å²) in [5, 5.41) is 10.4. The standard InChI is InChI=1S/C17H25NO2/c1-13-6-4-5-7-14(13)15(19)12-18-11-10-17(2,3)9-8-16(18)20/h4-7,15,19H,8-12H2,1-3H3. The van der Waals surface area contributed by atoms with Crippen LogP contribution in [-0.4, -0.2) is 29.0 Å². The van der Waals surface area contributed by atoms with Crippen molar-refractivity contribution in [1.82, 2.24) is 4.90 Å². The Morgan fingerprint density at radius 2 is 2.00 bits per heavy atom. The summed E-state index contributed by atoms with van der Waals surface area (Å²) >= 11 is 0. The minimum Gasteiger partial charge on any atom is -0.387 e. The first-order valence-electron chi connectivity index (χ1n) is 7.40. The van der Waals surface area contributed by atoms with Gasteiger partial charge in [0.05, 0.1) is 12.6 Å². The SMILES string of the molecule is Cc1ccccc1C(O)CN1CCC(C)(C)CCC1=O. The van der Waals surface area contributed by atoms with Gasteiger partial charge < -0.3 is 10.0 Å². The van der Waals surface area contributed by atoms with E-state index in [4.69, 9.17) is 0 Å². The Balaban J connectivity index is 2.05. The molecular weight excluding hydrogens is 250 g/mol. The molecule has 0 aliphatic carbocycles. The van der Waals surface area contributed by atoms with Crippen molar-refractivity contribution in [2.75, 3.05) is 13.1 Å². The van der Waals surface area contributed by atoms with Crippen LogP contribution >= 0.6 is 0 Å². The van der Waals surface area contributed by atoms with Gasteiger partial charge in [-0.3, -0.25) is 4.79 Å². The normalized spacial score (nSPS) is 20.6. The lowest BCUT2D eigenvalue weighted by Gasteiger charge is -2.26. The van der Waals surface area contributed by atoms with E-state index >= 15 is 0 Å². The molecule has 0 saturated carbocycles. The Morgan fingerprint density at radius 3 is 2.70 bits per heavy atom. The molecule has 1 N–H and O–H groups in total. The summed E-state index contributed by atoms with van der Waals surface area (Å²) in [6.45, 7) is 7.56. The molecule has 1 saturated heterocycles. The maximum atomic E-state index is 12.2. The van der Waals surface area contributed by atoms with Crippen molar-refractivity contribution in [3.63, 3.8) is 0 Å². The first-order valence-corrected chi connectivity index (χ1v) is 7.40. The van der Waals surface area contributed by atoms with E-state index < -0.39 is 6.10 Å². The van der Waals surface area contributed by atoms with Gasteiger partial charge in [-0.1, -0.05) is 38.1 Å². The van der Waals surface area contributed by atoms with Gasteiger partial charge >= 0.3 is 0 Å².